The molecule has 0 aliphatic rings. The van der Waals surface area contributed by atoms with E-state index in [1.54, 1.807) is 6.08 Å². The van der Waals surface area contributed by atoms with Crippen LogP contribution in [0.3, 0.4) is 0 Å². The van der Waals surface area contributed by atoms with Crippen molar-refractivity contribution in [2.75, 3.05) is 13.2 Å². The van der Waals surface area contributed by atoms with Gasteiger partial charge in [-0.15, -0.1) is 0 Å². The van der Waals surface area contributed by atoms with Gasteiger partial charge in [-0.25, -0.2) is 0 Å². The fourth-order valence-electron chi connectivity index (χ4n) is 12.5. The highest BCUT2D eigenvalue weighted by atomic mass is 16.5. The lowest BCUT2D eigenvalue weighted by Crippen LogP contribution is -2.45. The van der Waals surface area contributed by atoms with Gasteiger partial charge in [0.2, 0.25) is 5.91 Å². The summed E-state index contributed by atoms with van der Waals surface area (Å²) in [6.07, 6.45) is 95.8. The Labute approximate surface area is 532 Å². The third-order valence-electron chi connectivity index (χ3n) is 18.5. The highest BCUT2D eigenvalue weighted by Crippen LogP contribution is 2.20. The van der Waals surface area contributed by atoms with E-state index in [0.717, 1.165) is 38.5 Å². The maximum Gasteiger partial charge on any atom is 0.305 e. The number of ether oxygens (including phenoxy) is 1. The average Bonchev–Trinajstić information content (AvgIpc) is 3.51. The lowest BCUT2D eigenvalue weighted by molar-refractivity contribution is -0.143. The van der Waals surface area contributed by atoms with Gasteiger partial charge in [0.1, 0.15) is 0 Å². The zero-order chi connectivity index (χ0) is 61.3. The molecule has 0 aromatic heterocycles. The zero-order valence-electron chi connectivity index (χ0n) is 57.9. The fourth-order valence-corrected chi connectivity index (χ4v) is 12.5. The molecule has 0 aromatic rings. The summed E-state index contributed by atoms with van der Waals surface area (Å²) in [5.74, 6) is -0.0414. The van der Waals surface area contributed by atoms with E-state index in [0.29, 0.717) is 19.4 Å². The number of unbranched alkanes of at least 4 members (excludes halogenated alkanes) is 61. The summed E-state index contributed by atoms with van der Waals surface area (Å²) in [5, 5.41) is 23.3. The fraction of sp³-hybridized carbons (Fsp3) is 0.924. The van der Waals surface area contributed by atoms with Crippen molar-refractivity contribution in [3.05, 3.63) is 24.3 Å². The normalized spacial score (nSPS) is 12.6. The van der Waals surface area contributed by atoms with Crippen molar-refractivity contribution in [1.29, 1.82) is 0 Å². The standard InChI is InChI=1S/C79H153NO5/c1-3-5-7-9-11-13-15-17-19-21-22-23-31-34-37-40-43-47-51-55-59-63-67-71-77(82)76(75-81)80-78(83)72-68-64-60-56-52-48-44-41-38-35-32-29-27-25-24-26-28-30-33-36-39-42-46-50-54-58-62-66-70-74-85-79(84)73-69-65-61-57-53-49-45-20-18-16-14-12-10-8-6-4-2/h24,26,67,71,76-77,81-82H,3-23,25,27-66,68-70,72-75H2,1-2H3,(H,80,83)/b26-24-,71-67+. The van der Waals surface area contributed by atoms with E-state index in [-0.39, 0.29) is 18.5 Å². The Morgan fingerprint density at radius 1 is 0.318 bits per heavy atom. The van der Waals surface area contributed by atoms with Crippen molar-refractivity contribution in [3.63, 3.8) is 0 Å². The predicted octanol–water partition coefficient (Wildman–Crippen LogP) is 25.7. The summed E-state index contributed by atoms with van der Waals surface area (Å²) in [4.78, 5) is 24.6. The molecule has 0 radical (unpaired) electrons. The number of esters is 1. The summed E-state index contributed by atoms with van der Waals surface area (Å²) >= 11 is 0. The molecule has 0 aliphatic carbocycles. The average molecular weight is 1200 g/mol. The van der Waals surface area contributed by atoms with Crippen LogP contribution in [-0.2, 0) is 14.3 Å². The molecule has 0 saturated carbocycles. The van der Waals surface area contributed by atoms with E-state index in [1.807, 2.05) is 6.08 Å². The Kier molecular flexibility index (Phi) is 73.3. The second-order valence-electron chi connectivity index (χ2n) is 27.0. The molecule has 0 bridgehead atoms. The first-order valence-corrected chi connectivity index (χ1v) is 39.1. The number of allylic oxidation sites excluding steroid dienone is 3. The lowest BCUT2D eigenvalue weighted by atomic mass is 10.0. The number of carbonyl (C=O) groups excluding carboxylic acids is 2. The Hall–Kier alpha value is -1.66. The molecule has 0 spiro atoms. The molecule has 0 rings (SSSR count). The maximum atomic E-state index is 12.5. The van der Waals surface area contributed by atoms with Gasteiger partial charge in [0.25, 0.3) is 0 Å². The van der Waals surface area contributed by atoms with Crippen molar-refractivity contribution in [2.45, 2.75) is 456 Å². The van der Waals surface area contributed by atoms with E-state index in [1.165, 1.54) is 379 Å². The number of hydrogen-bond acceptors (Lipinski definition) is 5. The van der Waals surface area contributed by atoms with Crippen molar-refractivity contribution in [3.8, 4) is 0 Å². The number of hydrogen-bond donors (Lipinski definition) is 3. The second kappa shape index (κ2) is 74.8. The van der Waals surface area contributed by atoms with E-state index in [9.17, 15) is 19.8 Å². The van der Waals surface area contributed by atoms with Crippen LogP contribution in [0.2, 0.25) is 0 Å². The Bertz CT molecular complexity index is 1330. The van der Waals surface area contributed by atoms with Gasteiger partial charge < -0.3 is 20.3 Å². The van der Waals surface area contributed by atoms with E-state index in [4.69, 9.17) is 4.74 Å². The molecular weight excluding hydrogens is 1040 g/mol. The van der Waals surface area contributed by atoms with Crippen LogP contribution in [-0.4, -0.2) is 47.4 Å². The van der Waals surface area contributed by atoms with Gasteiger partial charge in [-0.2, -0.15) is 0 Å². The molecule has 2 atom stereocenters. The van der Waals surface area contributed by atoms with E-state index < -0.39 is 12.1 Å². The van der Waals surface area contributed by atoms with Gasteiger partial charge in [-0.1, -0.05) is 398 Å². The van der Waals surface area contributed by atoms with Gasteiger partial charge in [-0.05, 0) is 57.8 Å². The van der Waals surface area contributed by atoms with Crippen LogP contribution >= 0.6 is 0 Å². The lowest BCUT2D eigenvalue weighted by Gasteiger charge is -2.20. The first-order valence-electron chi connectivity index (χ1n) is 39.1. The SMILES string of the molecule is CCCCCCCCCCCCCCCCCCCCCCC/C=C/C(O)C(CO)NC(=O)CCCCCCCCCCCCCCC/C=C\CCCCCCCCCCCCCCOC(=O)CCCCCCCCCCCCCCCCCC. The molecule has 0 saturated heterocycles. The van der Waals surface area contributed by atoms with Crippen LogP contribution in [0.1, 0.15) is 444 Å². The molecule has 504 valence electrons. The highest BCUT2D eigenvalue weighted by molar-refractivity contribution is 5.76. The Morgan fingerprint density at radius 3 is 0.835 bits per heavy atom. The topological polar surface area (TPSA) is 95.9 Å². The number of carbonyl (C=O) groups is 2. The zero-order valence-corrected chi connectivity index (χ0v) is 57.9. The third kappa shape index (κ3) is 71.3. The van der Waals surface area contributed by atoms with E-state index in [2.05, 4.69) is 31.3 Å². The largest absolute Gasteiger partial charge is 0.466 e. The summed E-state index contributed by atoms with van der Waals surface area (Å²) in [7, 11) is 0. The second-order valence-corrected chi connectivity index (χ2v) is 27.0. The predicted molar refractivity (Wildman–Crippen MR) is 375 cm³/mol. The van der Waals surface area contributed by atoms with Gasteiger partial charge in [0, 0.05) is 12.8 Å². The highest BCUT2D eigenvalue weighted by Gasteiger charge is 2.18. The molecule has 0 aromatic carbocycles. The number of amides is 1. The van der Waals surface area contributed by atoms with Gasteiger partial charge in [0.05, 0.1) is 25.4 Å². The molecule has 0 heterocycles. The molecule has 3 N–H and O–H groups in total. The number of aliphatic hydroxyl groups is 2. The van der Waals surface area contributed by atoms with Gasteiger partial charge in [-0.3, -0.25) is 9.59 Å². The monoisotopic (exact) mass is 1200 g/mol. The Morgan fingerprint density at radius 2 is 0.553 bits per heavy atom. The van der Waals surface area contributed by atoms with Crippen LogP contribution in [0.5, 0.6) is 0 Å². The van der Waals surface area contributed by atoms with Crippen LogP contribution in [0.4, 0.5) is 0 Å². The van der Waals surface area contributed by atoms with Crippen LogP contribution in [0.25, 0.3) is 0 Å². The minimum Gasteiger partial charge on any atom is -0.466 e. The molecular formula is C79H153NO5. The van der Waals surface area contributed by atoms with Crippen molar-refractivity contribution < 1.29 is 24.5 Å². The smallest absolute Gasteiger partial charge is 0.305 e. The first kappa shape index (κ1) is 83.3. The van der Waals surface area contributed by atoms with Crippen LogP contribution in [0.15, 0.2) is 24.3 Å². The first-order chi connectivity index (χ1) is 42.0. The molecule has 0 fully saturated rings. The third-order valence-corrected chi connectivity index (χ3v) is 18.5. The molecule has 0 aliphatic heterocycles. The van der Waals surface area contributed by atoms with Crippen molar-refractivity contribution in [1.82, 2.24) is 5.32 Å². The minimum absolute atomic E-state index is 0.0207. The molecule has 1 amide bonds. The van der Waals surface area contributed by atoms with E-state index >= 15 is 0 Å². The number of rotatable bonds is 74. The van der Waals surface area contributed by atoms with Gasteiger partial charge in [0.15, 0.2) is 0 Å². The summed E-state index contributed by atoms with van der Waals surface area (Å²) < 4.78 is 5.51. The molecule has 85 heavy (non-hydrogen) atoms. The molecule has 2 unspecified atom stereocenters. The maximum absolute atomic E-state index is 12.5. The molecule has 6 nitrogen and oxygen atoms in total. The van der Waals surface area contributed by atoms with Crippen LogP contribution < -0.4 is 5.32 Å². The van der Waals surface area contributed by atoms with Gasteiger partial charge >= 0.3 is 5.97 Å². The van der Waals surface area contributed by atoms with Crippen molar-refractivity contribution >= 4 is 11.9 Å². The molecule has 6 heteroatoms. The van der Waals surface area contributed by atoms with Crippen LogP contribution in [0, 0.1) is 0 Å². The summed E-state index contributed by atoms with van der Waals surface area (Å²) in [6.45, 7) is 4.96. The summed E-state index contributed by atoms with van der Waals surface area (Å²) in [6, 6.07) is -0.628. The number of nitrogens with one attached hydrogen (secondary N) is 1. The number of aliphatic hydroxyl groups excluding tert-OH is 2. The van der Waals surface area contributed by atoms with Crippen molar-refractivity contribution in [2.24, 2.45) is 0 Å². The Balaban J connectivity index is 3.38. The minimum atomic E-state index is -0.845. The summed E-state index contributed by atoms with van der Waals surface area (Å²) in [5.41, 5.74) is 0. The quantitative estimate of drug-likeness (QED) is 0.0320.